The largest absolute Gasteiger partial charge is 0.384 e. The van der Waals surface area contributed by atoms with E-state index in [0.717, 1.165) is 23.0 Å². The second kappa shape index (κ2) is 5.43. The molecule has 3 rings (SSSR count). The summed E-state index contributed by atoms with van der Waals surface area (Å²) in [4.78, 5) is 10.1. The smallest absolute Gasteiger partial charge is 0.189 e. The van der Waals surface area contributed by atoms with Gasteiger partial charge < -0.3 is 5.73 Å². The molecule has 0 bridgehead atoms. The summed E-state index contributed by atoms with van der Waals surface area (Å²) >= 11 is 3.65. The molecule has 2 aromatic rings. The lowest BCUT2D eigenvalue weighted by Crippen LogP contribution is -2.05. The van der Waals surface area contributed by atoms with Crippen LogP contribution in [0.1, 0.15) is 11.3 Å². The van der Waals surface area contributed by atoms with Crippen LogP contribution in [0.5, 0.6) is 0 Å². The predicted octanol–water partition coefficient (Wildman–Crippen LogP) is 3.18. The molecule has 2 N–H and O–H groups in total. The Balaban J connectivity index is 1.62. The highest BCUT2D eigenvalue weighted by atomic mass is 32.2. The van der Waals surface area contributed by atoms with E-state index in [4.69, 9.17) is 5.73 Å². The summed E-state index contributed by atoms with van der Waals surface area (Å²) in [6, 6.07) is 10.4. The fourth-order valence-corrected chi connectivity index (χ4v) is 4.53. The molecule has 0 fully saturated rings. The first-order valence-corrected chi connectivity index (χ1v) is 8.06. The van der Waals surface area contributed by atoms with Crippen LogP contribution in [0.4, 0.5) is 5.82 Å². The Morgan fingerprint density at radius 2 is 2.21 bits per heavy atom. The van der Waals surface area contributed by atoms with E-state index in [1.54, 1.807) is 17.8 Å². The number of hydrogen-bond acceptors (Lipinski definition) is 5. The summed E-state index contributed by atoms with van der Waals surface area (Å²) in [6.07, 6.45) is 1.13. The van der Waals surface area contributed by atoms with Gasteiger partial charge in [0, 0.05) is 27.7 Å². The molecule has 2 heterocycles. The normalized spacial score (nSPS) is 17.4. The summed E-state index contributed by atoms with van der Waals surface area (Å²) < 4.78 is 0. The first-order chi connectivity index (χ1) is 9.20. The molecule has 1 aromatic heterocycles. The molecule has 0 aliphatic carbocycles. The fourth-order valence-electron chi connectivity index (χ4n) is 2.14. The lowest BCUT2D eigenvalue weighted by molar-refractivity contribution is 0.926. The van der Waals surface area contributed by atoms with Crippen molar-refractivity contribution in [1.82, 2.24) is 9.97 Å². The Morgan fingerprint density at radius 3 is 3.00 bits per heavy atom. The van der Waals surface area contributed by atoms with E-state index in [-0.39, 0.29) is 0 Å². The number of hydrogen-bond donors (Lipinski definition) is 1. The number of thioether (sulfide) groups is 2. The molecule has 1 unspecified atom stereocenters. The SMILES string of the molecule is Cc1cc(N)nc(SCC2Cc3ccccc3S2)n1. The fraction of sp³-hybridized carbons (Fsp3) is 0.286. The third kappa shape index (κ3) is 3.04. The van der Waals surface area contributed by atoms with Gasteiger partial charge in [0.25, 0.3) is 0 Å². The van der Waals surface area contributed by atoms with Crippen molar-refractivity contribution in [3.63, 3.8) is 0 Å². The molecule has 0 spiro atoms. The van der Waals surface area contributed by atoms with E-state index in [9.17, 15) is 0 Å². The highest BCUT2D eigenvalue weighted by molar-refractivity contribution is 8.03. The van der Waals surface area contributed by atoms with Crippen molar-refractivity contribution >= 4 is 29.3 Å². The number of anilines is 1. The summed E-state index contributed by atoms with van der Waals surface area (Å²) in [5, 5.41) is 1.39. The van der Waals surface area contributed by atoms with E-state index in [1.165, 1.54) is 10.5 Å². The number of aromatic nitrogens is 2. The van der Waals surface area contributed by atoms with Crippen molar-refractivity contribution in [2.45, 2.75) is 28.6 Å². The molecule has 98 valence electrons. The summed E-state index contributed by atoms with van der Waals surface area (Å²) in [7, 11) is 0. The van der Waals surface area contributed by atoms with E-state index >= 15 is 0 Å². The lowest BCUT2D eigenvalue weighted by atomic mass is 10.1. The maximum atomic E-state index is 5.74. The molecule has 0 amide bonds. The Morgan fingerprint density at radius 1 is 1.37 bits per heavy atom. The summed E-state index contributed by atoms with van der Waals surface area (Å²) in [6.45, 7) is 1.95. The van der Waals surface area contributed by atoms with Gasteiger partial charge in [0.15, 0.2) is 5.16 Å². The first kappa shape index (κ1) is 12.8. The van der Waals surface area contributed by atoms with Gasteiger partial charge in [-0.15, -0.1) is 11.8 Å². The van der Waals surface area contributed by atoms with Crippen molar-refractivity contribution < 1.29 is 0 Å². The van der Waals surface area contributed by atoms with Crippen LogP contribution < -0.4 is 5.73 Å². The second-order valence-corrected chi connectivity index (χ2v) is 6.91. The zero-order valence-corrected chi connectivity index (χ0v) is 12.3. The predicted molar refractivity (Wildman–Crippen MR) is 81.7 cm³/mol. The average molecular weight is 289 g/mol. The van der Waals surface area contributed by atoms with Gasteiger partial charge in [0.2, 0.25) is 0 Å². The number of nitrogens with zero attached hydrogens (tertiary/aromatic N) is 2. The van der Waals surface area contributed by atoms with Gasteiger partial charge in [-0.1, -0.05) is 30.0 Å². The number of benzene rings is 1. The minimum atomic E-state index is 0.553. The average Bonchev–Trinajstić information content (AvgIpc) is 2.78. The Hall–Kier alpha value is -1.20. The van der Waals surface area contributed by atoms with Crippen LogP contribution in [-0.4, -0.2) is 21.0 Å². The molecule has 1 aromatic carbocycles. The van der Waals surface area contributed by atoms with E-state index in [0.29, 0.717) is 11.1 Å². The molecule has 1 aliphatic rings. The van der Waals surface area contributed by atoms with Gasteiger partial charge in [-0.2, -0.15) is 0 Å². The standard InChI is InChI=1S/C14H15N3S2/c1-9-6-13(15)17-14(16-9)18-8-11-7-10-4-2-3-5-12(10)19-11/h2-6,11H,7-8H2,1H3,(H2,15,16,17). The maximum absolute atomic E-state index is 5.74. The minimum Gasteiger partial charge on any atom is -0.384 e. The molecule has 5 heteroatoms. The number of rotatable bonds is 3. The van der Waals surface area contributed by atoms with Gasteiger partial charge in [0.05, 0.1) is 0 Å². The van der Waals surface area contributed by atoms with Crippen molar-refractivity contribution in [3.8, 4) is 0 Å². The Labute approximate surface area is 121 Å². The van der Waals surface area contributed by atoms with Gasteiger partial charge in [-0.3, -0.25) is 0 Å². The molecule has 1 atom stereocenters. The Bertz CT molecular complexity index is 556. The number of fused-ring (bicyclic) bond motifs is 1. The highest BCUT2D eigenvalue weighted by Crippen LogP contribution is 2.38. The maximum Gasteiger partial charge on any atom is 0.189 e. The molecular formula is C14H15N3S2. The molecule has 0 saturated heterocycles. The van der Waals surface area contributed by atoms with Crippen LogP contribution in [-0.2, 0) is 6.42 Å². The number of aryl methyl sites for hydroxylation is 1. The third-order valence-electron chi connectivity index (χ3n) is 2.97. The van der Waals surface area contributed by atoms with Crippen LogP contribution in [0.3, 0.4) is 0 Å². The second-order valence-electron chi connectivity index (χ2n) is 4.58. The number of nitrogen functional groups attached to an aromatic ring is 1. The van der Waals surface area contributed by atoms with Crippen LogP contribution in [0.25, 0.3) is 0 Å². The molecule has 19 heavy (non-hydrogen) atoms. The lowest BCUT2D eigenvalue weighted by Gasteiger charge is -2.07. The topological polar surface area (TPSA) is 51.8 Å². The van der Waals surface area contributed by atoms with E-state index < -0.39 is 0 Å². The van der Waals surface area contributed by atoms with Gasteiger partial charge in [0.1, 0.15) is 5.82 Å². The Kier molecular flexibility index (Phi) is 3.66. The van der Waals surface area contributed by atoms with Crippen LogP contribution >= 0.6 is 23.5 Å². The van der Waals surface area contributed by atoms with Gasteiger partial charge in [-0.25, -0.2) is 9.97 Å². The van der Waals surface area contributed by atoms with Crippen molar-refractivity contribution in [2.75, 3.05) is 11.5 Å². The minimum absolute atomic E-state index is 0.553. The monoisotopic (exact) mass is 289 g/mol. The zero-order chi connectivity index (χ0) is 13.2. The van der Waals surface area contributed by atoms with Crippen molar-refractivity contribution in [1.29, 1.82) is 0 Å². The van der Waals surface area contributed by atoms with Crippen LogP contribution in [0.15, 0.2) is 40.4 Å². The van der Waals surface area contributed by atoms with Crippen LogP contribution in [0, 0.1) is 6.92 Å². The molecule has 0 saturated carbocycles. The molecular weight excluding hydrogens is 274 g/mol. The highest BCUT2D eigenvalue weighted by Gasteiger charge is 2.22. The first-order valence-electron chi connectivity index (χ1n) is 6.19. The van der Waals surface area contributed by atoms with Crippen molar-refractivity contribution in [3.05, 3.63) is 41.6 Å². The third-order valence-corrected chi connectivity index (χ3v) is 5.51. The van der Waals surface area contributed by atoms with Gasteiger partial charge >= 0.3 is 0 Å². The molecule has 3 nitrogen and oxygen atoms in total. The summed E-state index contributed by atoms with van der Waals surface area (Å²) in [5.74, 6) is 1.57. The summed E-state index contributed by atoms with van der Waals surface area (Å²) in [5.41, 5.74) is 8.13. The van der Waals surface area contributed by atoms with Crippen LogP contribution in [0.2, 0.25) is 0 Å². The molecule has 0 radical (unpaired) electrons. The van der Waals surface area contributed by atoms with Crippen molar-refractivity contribution in [2.24, 2.45) is 0 Å². The van der Waals surface area contributed by atoms with E-state index in [2.05, 4.69) is 34.2 Å². The zero-order valence-electron chi connectivity index (χ0n) is 10.7. The van der Waals surface area contributed by atoms with E-state index in [1.807, 2.05) is 18.7 Å². The molecule has 1 aliphatic heterocycles. The number of nitrogens with two attached hydrogens (primary N) is 1. The van der Waals surface area contributed by atoms with Gasteiger partial charge in [-0.05, 0) is 25.0 Å². The quantitative estimate of drug-likeness (QED) is 0.695.